The Morgan fingerprint density at radius 3 is 2.07 bits per heavy atom. The van der Waals surface area contributed by atoms with E-state index in [0.717, 1.165) is 32.1 Å². The van der Waals surface area contributed by atoms with Gasteiger partial charge in [-0.2, -0.15) is 0 Å². The van der Waals surface area contributed by atoms with Crippen molar-refractivity contribution >= 4 is 0 Å². The molecule has 0 amide bonds. The fraction of sp³-hybridized carbons (Fsp3) is 1.00. The molecule has 0 aromatic carbocycles. The first-order chi connectivity index (χ1) is 6.65. The molecule has 0 aliphatic heterocycles. The lowest BCUT2D eigenvalue weighted by Crippen LogP contribution is -2.16. The molecule has 0 rings (SSSR count). The third-order valence-electron chi connectivity index (χ3n) is 3.23. The van der Waals surface area contributed by atoms with E-state index in [1.165, 1.54) is 0 Å². The van der Waals surface area contributed by atoms with Crippen LogP contribution in [-0.2, 0) is 0 Å². The van der Waals surface area contributed by atoms with Crippen molar-refractivity contribution in [2.24, 2.45) is 11.8 Å². The number of hydrogen-bond donors (Lipinski definition) is 2. The minimum atomic E-state index is -0.186. The van der Waals surface area contributed by atoms with Crippen molar-refractivity contribution in [2.45, 2.75) is 59.0 Å². The summed E-state index contributed by atoms with van der Waals surface area (Å²) in [5, 5.41) is 18.5. The smallest absolute Gasteiger partial charge is 0.0540 e. The maximum absolute atomic E-state index is 9.44. The Kier molecular flexibility index (Phi) is 8.20. The first-order valence-electron chi connectivity index (χ1n) is 5.94. The van der Waals surface area contributed by atoms with E-state index in [4.69, 9.17) is 5.11 Å². The Labute approximate surface area is 88.3 Å². The Bertz CT molecular complexity index is 119. The van der Waals surface area contributed by atoms with Crippen LogP contribution >= 0.6 is 0 Å². The van der Waals surface area contributed by atoms with Gasteiger partial charge in [0, 0.05) is 6.61 Å². The van der Waals surface area contributed by atoms with Gasteiger partial charge in [-0.1, -0.05) is 33.1 Å². The number of hydrogen-bond acceptors (Lipinski definition) is 2. The average Bonchev–Trinajstić information content (AvgIpc) is 2.18. The highest BCUT2D eigenvalue weighted by molar-refractivity contribution is 4.64. The minimum absolute atomic E-state index is 0.186. The molecule has 14 heavy (non-hydrogen) atoms. The van der Waals surface area contributed by atoms with E-state index in [9.17, 15) is 5.11 Å². The number of aliphatic hydroxyl groups excluding tert-OH is 2. The lowest BCUT2D eigenvalue weighted by atomic mass is 9.91. The van der Waals surface area contributed by atoms with Gasteiger partial charge in [0.05, 0.1) is 6.10 Å². The van der Waals surface area contributed by atoms with Crippen molar-refractivity contribution in [2.75, 3.05) is 6.61 Å². The van der Waals surface area contributed by atoms with Crippen LogP contribution in [0.1, 0.15) is 52.9 Å². The predicted molar refractivity (Wildman–Crippen MR) is 60.2 cm³/mol. The summed E-state index contributed by atoms with van der Waals surface area (Å²) in [4.78, 5) is 0. The third kappa shape index (κ3) is 5.61. The van der Waals surface area contributed by atoms with Crippen LogP contribution in [0.15, 0.2) is 0 Å². The quantitative estimate of drug-likeness (QED) is 0.635. The molecule has 3 unspecified atom stereocenters. The monoisotopic (exact) mass is 202 g/mol. The summed E-state index contributed by atoms with van der Waals surface area (Å²) in [6.07, 6.45) is 5.23. The van der Waals surface area contributed by atoms with Crippen molar-refractivity contribution < 1.29 is 10.2 Å². The average molecular weight is 202 g/mol. The summed E-state index contributed by atoms with van der Waals surface area (Å²) in [6, 6.07) is 0. The lowest BCUT2D eigenvalue weighted by Gasteiger charge is -2.19. The van der Waals surface area contributed by atoms with Crippen LogP contribution in [0.25, 0.3) is 0 Å². The maximum Gasteiger partial charge on any atom is 0.0540 e. The number of rotatable bonds is 8. The predicted octanol–water partition coefficient (Wildman–Crippen LogP) is 2.58. The zero-order valence-corrected chi connectivity index (χ0v) is 9.87. The summed E-state index contributed by atoms with van der Waals surface area (Å²) in [5.41, 5.74) is 0. The van der Waals surface area contributed by atoms with Gasteiger partial charge in [-0.3, -0.25) is 0 Å². The highest BCUT2D eigenvalue weighted by Crippen LogP contribution is 2.19. The van der Waals surface area contributed by atoms with Gasteiger partial charge in [0.25, 0.3) is 0 Å². The summed E-state index contributed by atoms with van der Waals surface area (Å²) in [6.45, 7) is 6.42. The normalized spacial score (nSPS) is 17.8. The second-order valence-electron chi connectivity index (χ2n) is 4.30. The summed E-state index contributed by atoms with van der Waals surface area (Å²) < 4.78 is 0. The molecule has 0 aromatic heterocycles. The second-order valence-corrected chi connectivity index (χ2v) is 4.30. The van der Waals surface area contributed by atoms with Gasteiger partial charge in [0.2, 0.25) is 0 Å². The summed E-state index contributed by atoms with van der Waals surface area (Å²) in [5.74, 6) is 0.896. The fourth-order valence-corrected chi connectivity index (χ4v) is 1.88. The van der Waals surface area contributed by atoms with E-state index in [-0.39, 0.29) is 6.10 Å². The van der Waals surface area contributed by atoms with Gasteiger partial charge in [-0.25, -0.2) is 0 Å². The summed E-state index contributed by atoms with van der Waals surface area (Å²) in [7, 11) is 0. The van der Waals surface area contributed by atoms with Crippen molar-refractivity contribution in [3.8, 4) is 0 Å². The molecule has 0 saturated heterocycles. The van der Waals surface area contributed by atoms with E-state index in [2.05, 4.69) is 13.8 Å². The number of aliphatic hydroxyl groups is 2. The van der Waals surface area contributed by atoms with Gasteiger partial charge < -0.3 is 10.2 Å². The van der Waals surface area contributed by atoms with Crippen molar-refractivity contribution in [1.29, 1.82) is 0 Å². The molecule has 0 bridgehead atoms. The van der Waals surface area contributed by atoms with Crippen LogP contribution < -0.4 is 0 Å². The topological polar surface area (TPSA) is 40.5 Å². The van der Waals surface area contributed by atoms with Crippen molar-refractivity contribution in [1.82, 2.24) is 0 Å². The van der Waals surface area contributed by atoms with Crippen LogP contribution in [0, 0.1) is 11.8 Å². The zero-order chi connectivity index (χ0) is 11.0. The Hall–Kier alpha value is -0.0800. The molecule has 2 nitrogen and oxygen atoms in total. The highest BCUT2D eigenvalue weighted by atomic mass is 16.3. The molecular formula is C12H26O2. The Balaban J connectivity index is 3.59. The second kappa shape index (κ2) is 8.25. The zero-order valence-electron chi connectivity index (χ0n) is 9.87. The van der Waals surface area contributed by atoms with Gasteiger partial charge in [-0.15, -0.1) is 0 Å². The Morgan fingerprint density at radius 2 is 1.71 bits per heavy atom. The molecule has 3 atom stereocenters. The van der Waals surface area contributed by atoms with Crippen molar-refractivity contribution in [3.05, 3.63) is 0 Å². The van der Waals surface area contributed by atoms with Gasteiger partial charge in [-0.05, 0) is 31.6 Å². The standard InChI is InChI=1S/C12H26O2/c1-4-11(9-13)7-6-8-12(5-2)10(3)14/h10-14H,4-9H2,1-3H3. The van der Waals surface area contributed by atoms with Crippen LogP contribution in [-0.4, -0.2) is 22.9 Å². The molecule has 0 aromatic rings. The third-order valence-corrected chi connectivity index (χ3v) is 3.23. The van der Waals surface area contributed by atoms with Gasteiger partial charge >= 0.3 is 0 Å². The SMILES string of the molecule is CCC(CO)CCCC(CC)C(C)O. The molecule has 0 fully saturated rings. The molecule has 0 aliphatic rings. The largest absolute Gasteiger partial charge is 0.396 e. The van der Waals surface area contributed by atoms with E-state index >= 15 is 0 Å². The molecule has 86 valence electrons. The summed E-state index contributed by atoms with van der Waals surface area (Å²) >= 11 is 0. The molecular weight excluding hydrogens is 176 g/mol. The molecule has 2 N–H and O–H groups in total. The van der Waals surface area contributed by atoms with E-state index < -0.39 is 0 Å². The van der Waals surface area contributed by atoms with Crippen LogP contribution in [0.2, 0.25) is 0 Å². The molecule has 0 saturated carbocycles. The van der Waals surface area contributed by atoms with Crippen LogP contribution in [0.5, 0.6) is 0 Å². The van der Waals surface area contributed by atoms with Crippen LogP contribution in [0.4, 0.5) is 0 Å². The molecule has 0 radical (unpaired) electrons. The Morgan fingerprint density at radius 1 is 1.07 bits per heavy atom. The van der Waals surface area contributed by atoms with Gasteiger partial charge in [0.15, 0.2) is 0 Å². The maximum atomic E-state index is 9.44. The van der Waals surface area contributed by atoms with E-state index in [0.29, 0.717) is 18.4 Å². The molecule has 0 spiro atoms. The van der Waals surface area contributed by atoms with Crippen LogP contribution in [0.3, 0.4) is 0 Å². The van der Waals surface area contributed by atoms with E-state index in [1.54, 1.807) is 0 Å². The molecule has 2 heteroatoms. The van der Waals surface area contributed by atoms with Gasteiger partial charge in [0.1, 0.15) is 0 Å². The lowest BCUT2D eigenvalue weighted by molar-refractivity contribution is 0.113. The fourth-order valence-electron chi connectivity index (χ4n) is 1.88. The first kappa shape index (κ1) is 13.9. The minimum Gasteiger partial charge on any atom is -0.396 e. The van der Waals surface area contributed by atoms with E-state index in [1.807, 2.05) is 6.92 Å². The molecule has 0 heterocycles. The first-order valence-corrected chi connectivity index (χ1v) is 5.94. The highest BCUT2D eigenvalue weighted by Gasteiger charge is 2.13. The van der Waals surface area contributed by atoms with Crippen molar-refractivity contribution in [3.63, 3.8) is 0 Å². The molecule has 0 aliphatic carbocycles.